The number of rotatable bonds is 5. The zero-order valence-electron chi connectivity index (χ0n) is 10.7. The molecule has 4 heteroatoms. The number of hydrogen-bond donors (Lipinski definition) is 2. The molecule has 2 rings (SSSR count). The van der Waals surface area contributed by atoms with Gasteiger partial charge in [0.1, 0.15) is 0 Å². The first kappa shape index (κ1) is 12.8. The van der Waals surface area contributed by atoms with E-state index in [1.54, 1.807) is 6.92 Å². The van der Waals surface area contributed by atoms with Crippen molar-refractivity contribution in [1.29, 1.82) is 0 Å². The summed E-state index contributed by atoms with van der Waals surface area (Å²) in [6.07, 6.45) is 7.20. The topological polar surface area (TPSA) is 52.6 Å². The van der Waals surface area contributed by atoms with Crippen LogP contribution >= 0.6 is 0 Å². The lowest BCUT2D eigenvalue weighted by Crippen LogP contribution is -2.54. The maximum absolute atomic E-state index is 11.2. The minimum Gasteiger partial charge on any atom is -0.395 e. The van der Waals surface area contributed by atoms with E-state index < -0.39 is 0 Å². The van der Waals surface area contributed by atoms with Gasteiger partial charge >= 0.3 is 0 Å². The van der Waals surface area contributed by atoms with Gasteiger partial charge in [-0.1, -0.05) is 12.8 Å². The van der Waals surface area contributed by atoms with Crippen molar-refractivity contribution in [3.05, 3.63) is 0 Å². The number of amides is 1. The van der Waals surface area contributed by atoms with Crippen molar-refractivity contribution in [3.8, 4) is 0 Å². The Morgan fingerprint density at radius 2 is 2.00 bits per heavy atom. The fourth-order valence-corrected chi connectivity index (χ4v) is 3.08. The zero-order valence-corrected chi connectivity index (χ0v) is 10.7. The molecule has 0 heterocycles. The summed E-state index contributed by atoms with van der Waals surface area (Å²) in [4.78, 5) is 13.7. The molecular formula is C13H24N2O2. The van der Waals surface area contributed by atoms with E-state index in [4.69, 9.17) is 0 Å². The summed E-state index contributed by atoms with van der Waals surface area (Å²) in [6, 6.07) is 1.38. The number of aliphatic hydroxyl groups excluding tert-OH is 1. The van der Waals surface area contributed by atoms with Gasteiger partial charge in [-0.05, 0) is 25.7 Å². The molecular weight excluding hydrogens is 216 g/mol. The van der Waals surface area contributed by atoms with Crippen molar-refractivity contribution < 1.29 is 9.90 Å². The first-order valence-corrected chi connectivity index (χ1v) is 6.86. The predicted molar refractivity (Wildman–Crippen MR) is 66.7 cm³/mol. The van der Waals surface area contributed by atoms with E-state index in [2.05, 4.69) is 10.2 Å². The van der Waals surface area contributed by atoms with Crippen LogP contribution in [0.3, 0.4) is 0 Å². The average Bonchev–Trinajstić information content (AvgIpc) is 3.10. The van der Waals surface area contributed by atoms with Gasteiger partial charge in [-0.3, -0.25) is 9.69 Å². The number of aliphatic hydroxyl groups is 1. The van der Waals surface area contributed by atoms with Crippen molar-refractivity contribution in [2.24, 2.45) is 0 Å². The van der Waals surface area contributed by atoms with Gasteiger partial charge in [0, 0.05) is 31.6 Å². The van der Waals surface area contributed by atoms with Gasteiger partial charge in [0.25, 0.3) is 0 Å². The third-order valence-electron chi connectivity index (χ3n) is 3.92. The van der Waals surface area contributed by atoms with Crippen LogP contribution in [0, 0.1) is 0 Å². The van der Waals surface area contributed by atoms with Gasteiger partial charge in [0.2, 0.25) is 5.91 Å². The molecule has 0 spiro atoms. The Hall–Kier alpha value is -0.610. The Morgan fingerprint density at radius 3 is 2.59 bits per heavy atom. The minimum absolute atomic E-state index is 0.0710. The van der Waals surface area contributed by atoms with Crippen LogP contribution in [-0.4, -0.2) is 47.2 Å². The van der Waals surface area contributed by atoms with E-state index in [1.807, 2.05) is 0 Å². The third-order valence-corrected chi connectivity index (χ3v) is 3.92. The van der Waals surface area contributed by atoms with Crippen molar-refractivity contribution in [1.82, 2.24) is 10.2 Å². The molecule has 0 aliphatic heterocycles. The van der Waals surface area contributed by atoms with Gasteiger partial charge < -0.3 is 10.4 Å². The van der Waals surface area contributed by atoms with Crippen molar-refractivity contribution in [3.63, 3.8) is 0 Å². The second-order valence-electron chi connectivity index (χ2n) is 5.35. The molecule has 2 aliphatic rings. The molecule has 2 aliphatic carbocycles. The standard InChI is InChI=1S/C13H24N2O2/c1-10(17)14-12-4-2-3-5-13(12)15(8-9-16)11-6-7-11/h11-13,16H,2-9H2,1H3,(H,14,17)/t12-,13+/m0/s1. The summed E-state index contributed by atoms with van der Waals surface area (Å²) >= 11 is 0. The Balaban J connectivity index is 1.99. The Morgan fingerprint density at radius 1 is 1.29 bits per heavy atom. The molecule has 0 bridgehead atoms. The highest BCUT2D eigenvalue weighted by atomic mass is 16.3. The van der Waals surface area contributed by atoms with E-state index in [-0.39, 0.29) is 18.6 Å². The predicted octanol–water partition coefficient (Wildman–Crippen LogP) is 0.890. The molecule has 17 heavy (non-hydrogen) atoms. The molecule has 0 aromatic carbocycles. The molecule has 2 fully saturated rings. The van der Waals surface area contributed by atoms with Crippen LogP contribution in [0.4, 0.5) is 0 Å². The van der Waals surface area contributed by atoms with Crippen LogP contribution in [0.2, 0.25) is 0 Å². The van der Waals surface area contributed by atoms with E-state index in [1.165, 1.54) is 25.7 Å². The SMILES string of the molecule is CC(=O)N[C@H]1CCCC[C@H]1N(CCO)C1CC1. The van der Waals surface area contributed by atoms with Crippen LogP contribution in [0.5, 0.6) is 0 Å². The summed E-state index contributed by atoms with van der Waals surface area (Å²) in [5.41, 5.74) is 0. The second-order valence-corrected chi connectivity index (χ2v) is 5.35. The number of nitrogens with one attached hydrogen (secondary N) is 1. The lowest BCUT2D eigenvalue weighted by molar-refractivity contribution is -0.120. The van der Waals surface area contributed by atoms with Crippen molar-refractivity contribution >= 4 is 5.91 Å². The van der Waals surface area contributed by atoms with E-state index in [9.17, 15) is 9.90 Å². The maximum Gasteiger partial charge on any atom is 0.217 e. The lowest BCUT2D eigenvalue weighted by Gasteiger charge is -2.40. The van der Waals surface area contributed by atoms with Crippen LogP contribution in [0.15, 0.2) is 0 Å². The molecule has 1 amide bonds. The highest BCUT2D eigenvalue weighted by Gasteiger charge is 2.38. The molecule has 0 radical (unpaired) electrons. The molecule has 0 aromatic heterocycles. The van der Waals surface area contributed by atoms with E-state index >= 15 is 0 Å². The number of carbonyl (C=O) groups excluding carboxylic acids is 1. The summed E-state index contributed by atoms with van der Waals surface area (Å²) < 4.78 is 0. The quantitative estimate of drug-likeness (QED) is 0.750. The maximum atomic E-state index is 11.2. The highest BCUT2D eigenvalue weighted by molar-refractivity contribution is 5.73. The number of hydrogen-bond acceptors (Lipinski definition) is 3. The van der Waals surface area contributed by atoms with Crippen molar-refractivity contribution in [2.75, 3.05) is 13.2 Å². The van der Waals surface area contributed by atoms with Gasteiger partial charge in [0.15, 0.2) is 0 Å². The number of nitrogens with zero attached hydrogens (tertiary/aromatic N) is 1. The van der Waals surface area contributed by atoms with Crippen LogP contribution < -0.4 is 5.32 Å². The monoisotopic (exact) mass is 240 g/mol. The van der Waals surface area contributed by atoms with E-state index in [0.717, 1.165) is 19.4 Å². The summed E-state index contributed by atoms with van der Waals surface area (Å²) in [5.74, 6) is 0.0710. The van der Waals surface area contributed by atoms with Gasteiger partial charge in [0.05, 0.1) is 6.61 Å². The largest absolute Gasteiger partial charge is 0.395 e. The first-order chi connectivity index (χ1) is 8.22. The van der Waals surface area contributed by atoms with Gasteiger partial charge in [-0.25, -0.2) is 0 Å². The number of carbonyl (C=O) groups is 1. The van der Waals surface area contributed by atoms with Crippen LogP contribution in [-0.2, 0) is 4.79 Å². The zero-order chi connectivity index (χ0) is 12.3. The fraction of sp³-hybridized carbons (Fsp3) is 0.923. The van der Waals surface area contributed by atoms with Crippen molar-refractivity contribution in [2.45, 2.75) is 63.6 Å². The first-order valence-electron chi connectivity index (χ1n) is 6.86. The van der Waals surface area contributed by atoms with Gasteiger partial charge in [-0.2, -0.15) is 0 Å². The average molecular weight is 240 g/mol. The molecule has 0 aromatic rings. The molecule has 98 valence electrons. The normalized spacial score (nSPS) is 29.4. The van der Waals surface area contributed by atoms with Crippen LogP contribution in [0.25, 0.3) is 0 Å². The molecule has 0 saturated heterocycles. The minimum atomic E-state index is 0.0710. The van der Waals surface area contributed by atoms with Crippen LogP contribution in [0.1, 0.15) is 45.4 Å². The molecule has 2 N–H and O–H groups in total. The second kappa shape index (κ2) is 5.83. The summed E-state index contributed by atoms with van der Waals surface area (Å²) in [7, 11) is 0. The lowest BCUT2D eigenvalue weighted by atomic mass is 9.89. The Kier molecular flexibility index (Phi) is 4.40. The fourth-order valence-electron chi connectivity index (χ4n) is 3.08. The molecule has 2 saturated carbocycles. The van der Waals surface area contributed by atoms with E-state index in [0.29, 0.717) is 12.1 Å². The summed E-state index contributed by atoms with van der Waals surface area (Å²) in [5, 5.41) is 12.3. The molecule has 0 unspecified atom stereocenters. The third kappa shape index (κ3) is 3.42. The summed E-state index contributed by atoms with van der Waals surface area (Å²) in [6.45, 7) is 2.57. The Labute approximate surface area is 103 Å². The smallest absolute Gasteiger partial charge is 0.217 e. The van der Waals surface area contributed by atoms with Gasteiger partial charge in [-0.15, -0.1) is 0 Å². The Bertz CT molecular complexity index is 266. The molecule has 4 nitrogen and oxygen atoms in total. The highest BCUT2D eigenvalue weighted by Crippen LogP contribution is 2.33. The molecule has 2 atom stereocenters.